The van der Waals surface area contributed by atoms with Gasteiger partial charge < -0.3 is 13.7 Å². The molecule has 0 aliphatic heterocycles. The van der Waals surface area contributed by atoms with E-state index in [0.29, 0.717) is 0 Å². The van der Waals surface area contributed by atoms with Gasteiger partial charge in [0.15, 0.2) is 0 Å². The summed E-state index contributed by atoms with van der Waals surface area (Å²) in [7, 11) is 0. The van der Waals surface area contributed by atoms with E-state index >= 15 is 0 Å². The number of nitrogens with zero attached hydrogens (tertiary/aromatic N) is 2. The van der Waals surface area contributed by atoms with Crippen LogP contribution in [-0.4, -0.2) is 4.98 Å². The lowest BCUT2D eigenvalue weighted by atomic mass is 10.00. The van der Waals surface area contributed by atoms with Crippen molar-refractivity contribution in [1.29, 1.82) is 0 Å². The molecule has 3 heterocycles. The van der Waals surface area contributed by atoms with Gasteiger partial charge in [0, 0.05) is 56.0 Å². The second-order valence-electron chi connectivity index (χ2n) is 12.7. The number of thiazole rings is 1. The molecule has 0 spiro atoms. The smallest absolute Gasteiger partial charge is 0.137 e. The second kappa shape index (κ2) is 10.5. The van der Waals surface area contributed by atoms with Crippen molar-refractivity contribution in [2.45, 2.75) is 0 Å². The number of hydrogen-bond donors (Lipinski definition) is 0. The van der Waals surface area contributed by atoms with Crippen LogP contribution in [0.3, 0.4) is 0 Å². The van der Waals surface area contributed by atoms with Crippen LogP contribution in [0.4, 0.5) is 17.1 Å². The van der Waals surface area contributed by atoms with Crippen molar-refractivity contribution < 1.29 is 8.83 Å². The molecule has 11 rings (SSSR count). The van der Waals surface area contributed by atoms with Crippen LogP contribution in [0.15, 0.2) is 167 Å². The summed E-state index contributed by atoms with van der Waals surface area (Å²) in [5, 5.41) is 10.2. The van der Waals surface area contributed by atoms with Crippen molar-refractivity contribution in [2.24, 2.45) is 0 Å². The first-order chi connectivity index (χ1) is 24.8. The third-order valence-corrected chi connectivity index (χ3v) is 11.0. The minimum absolute atomic E-state index is 0.837. The zero-order valence-electron chi connectivity index (χ0n) is 26.6. The number of rotatable bonds is 4. The van der Waals surface area contributed by atoms with Gasteiger partial charge in [-0.2, -0.15) is 0 Å². The lowest BCUT2D eigenvalue weighted by Crippen LogP contribution is -2.10. The molecule has 11 aromatic rings. The summed E-state index contributed by atoms with van der Waals surface area (Å²) in [4.78, 5) is 7.73. The average molecular weight is 659 g/mol. The molecule has 5 heteroatoms. The molecule has 0 unspecified atom stereocenters. The molecule has 0 N–H and O–H groups in total. The highest BCUT2D eigenvalue weighted by Gasteiger charge is 2.23. The predicted molar refractivity (Wildman–Crippen MR) is 209 cm³/mol. The Balaban J connectivity index is 1.25. The molecule has 0 atom stereocenters. The van der Waals surface area contributed by atoms with Crippen molar-refractivity contribution >= 4 is 104 Å². The van der Waals surface area contributed by atoms with Gasteiger partial charge in [-0.25, -0.2) is 4.98 Å². The van der Waals surface area contributed by atoms with Crippen LogP contribution in [0, 0.1) is 0 Å². The summed E-state index contributed by atoms with van der Waals surface area (Å²) in [6, 6.07) is 55.4. The summed E-state index contributed by atoms with van der Waals surface area (Å²) >= 11 is 1.75. The van der Waals surface area contributed by atoms with Gasteiger partial charge in [0.05, 0.1) is 10.4 Å². The van der Waals surface area contributed by atoms with Gasteiger partial charge in [-0.15, -0.1) is 11.3 Å². The lowest BCUT2D eigenvalue weighted by Gasteiger charge is -2.26. The number of aromatic nitrogens is 1. The second-order valence-corrected chi connectivity index (χ2v) is 13.7. The Morgan fingerprint density at radius 2 is 1.00 bits per heavy atom. The Morgan fingerprint density at radius 3 is 1.68 bits per heavy atom. The monoisotopic (exact) mass is 658 g/mol. The van der Waals surface area contributed by atoms with Crippen molar-refractivity contribution in [3.8, 4) is 10.6 Å². The van der Waals surface area contributed by atoms with Gasteiger partial charge in [-0.05, 0) is 58.6 Å². The molecule has 8 aromatic carbocycles. The van der Waals surface area contributed by atoms with E-state index in [1.165, 1.54) is 21.5 Å². The summed E-state index contributed by atoms with van der Waals surface area (Å²) < 4.78 is 14.0. The number of hydrogen-bond acceptors (Lipinski definition) is 5. The standard InChI is InChI=1S/C45H26N2O2S/c1-2-11-28(12-3-1)45-46-43-38(26-37-31-13-5-4-10-27(31)18-21-36(37)44(43)50-45)47(29-19-22-34-32-14-6-8-16-39(32)48-41(34)24-29)30-20-23-35-33-15-7-9-17-40(33)49-42(35)25-30/h1-26H. The molecule has 0 amide bonds. The fourth-order valence-corrected chi connectivity index (χ4v) is 8.66. The zero-order chi connectivity index (χ0) is 32.8. The highest BCUT2D eigenvalue weighted by atomic mass is 32.1. The molecular weight excluding hydrogens is 633 g/mol. The highest BCUT2D eigenvalue weighted by molar-refractivity contribution is 7.22. The van der Waals surface area contributed by atoms with Crippen LogP contribution in [0.2, 0.25) is 0 Å². The van der Waals surface area contributed by atoms with Gasteiger partial charge in [0.2, 0.25) is 0 Å². The van der Waals surface area contributed by atoms with Gasteiger partial charge >= 0.3 is 0 Å². The molecule has 0 saturated heterocycles. The quantitative estimate of drug-likeness (QED) is 0.177. The average Bonchev–Trinajstić information content (AvgIpc) is 3.89. The van der Waals surface area contributed by atoms with Gasteiger partial charge in [0.25, 0.3) is 0 Å². The normalized spacial score (nSPS) is 12.0. The summed E-state index contributed by atoms with van der Waals surface area (Å²) in [5.41, 5.74) is 8.42. The molecule has 50 heavy (non-hydrogen) atoms. The van der Waals surface area contributed by atoms with E-state index in [-0.39, 0.29) is 0 Å². The molecule has 0 bridgehead atoms. The van der Waals surface area contributed by atoms with Crippen LogP contribution >= 0.6 is 11.3 Å². The van der Waals surface area contributed by atoms with Crippen LogP contribution < -0.4 is 4.90 Å². The molecular formula is C45H26N2O2S. The first-order valence-corrected chi connectivity index (χ1v) is 17.5. The first-order valence-electron chi connectivity index (χ1n) is 16.7. The zero-order valence-corrected chi connectivity index (χ0v) is 27.4. The Labute approximate surface area is 290 Å². The summed E-state index contributed by atoms with van der Waals surface area (Å²) in [6.45, 7) is 0. The largest absolute Gasteiger partial charge is 0.456 e. The highest BCUT2D eigenvalue weighted by Crippen LogP contribution is 2.48. The molecule has 0 aliphatic carbocycles. The van der Waals surface area contributed by atoms with Crippen LogP contribution in [0.5, 0.6) is 0 Å². The number of para-hydroxylation sites is 2. The number of benzene rings is 8. The minimum atomic E-state index is 0.837. The third kappa shape index (κ3) is 4.08. The van der Waals surface area contributed by atoms with E-state index in [4.69, 9.17) is 13.8 Å². The molecule has 0 saturated carbocycles. The van der Waals surface area contributed by atoms with E-state index < -0.39 is 0 Å². The Kier molecular flexibility index (Phi) is 5.80. The van der Waals surface area contributed by atoms with Crippen molar-refractivity contribution in [1.82, 2.24) is 4.98 Å². The van der Waals surface area contributed by atoms with E-state index in [1.54, 1.807) is 11.3 Å². The molecule has 0 fully saturated rings. The molecule has 234 valence electrons. The summed E-state index contributed by atoms with van der Waals surface area (Å²) in [5.74, 6) is 0. The van der Waals surface area contributed by atoms with E-state index in [0.717, 1.165) is 81.7 Å². The Bertz CT molecular complexity index is 3000. The minimum Gasteiger partial charge on any atom is -0.456 e. The Morgan fingerprint density at radius 1 is 0.440 bits per heavy atom. The molecule has 0 radical (unpaired) electrons. The van der Waals surface area contributed by atoms with Crippen LogP contribution in [-0.2, 0) is 0 Å². The molecule has 0 aliphatic rings. The van der Waals surface area contributed by atoms with Gasteiger partial charge in [0.1, 0.15) is 32.9 Å². The number of anilines is 3. The van der Waals surface area contributed by atoms with Crippen molar-refractivity contribution in [3.05, 3.63) is 158 Å². The Hall–Kier alpha value is -6.43. The first kappa shape index (κ1) is 27.5. The van der Waals surface area contributed by atoms with Crippen molar-refractivity contribution in [2.75, 3.05) is 4.90 Å². The van der Waals surface area contributed by atoms with E-state index in [9.17, 15) is 0 Å². The predicted octanol–water partition coefficient (Wildman–Crippen LogP) is 13.5. The lowest BCUT2D eigenvalue weighted by molar-refractivity contribution is 0.669. The van der Waals surface area contributed by atoms with Crippen molar-refractivity contribution in [3.63, 3.8) is 0 Å². The SMILES string of the molecule is c1ccc(-c2nc3c(N(c4ccc5c(c4)oc4ccccc45)c4ccc5c(c4)oc4ccccc45)cc4c5ccccc5ccc4c3s2)cc1. The maximum Gasteiger partial charge on any atom is 0.137 e. The molecule has 4 nitrogen and oxygen atoms in total. The number of furan rings is 2. The van der Waals surface area contributed by atoms with E-state index in [1.807, 2.05) is 30.3 Å². The topological polar surface area (TPSA) is 42.4 Å². The van der Waals surface area contributed by atoms with Gasteiger partial charge in [-0.3, -0.25) is 0 Å². The van der Waals surface area contributed by atoms with E-state index in [2.05, 4.69) is 132 Å². The third-order valence-electron chi connectivity index (χ3n) is 9.87. The van der Waals surface area contributed by atoms with Crippen LogP contribution in [0.1, 0.15) is 0 Å². The maximum absolute atomic E-state index is 6.44. The fraction of sp³-hybridized carbons (Fsp3) is 0. The van der Waals surface area contributed by atoms with Gasteiger partial charge in [-0.1, -0.05) is 103 Å². The number of fused-ring (bicyclic) bond motifs is 11. The maximum atomic E-state index is 6.44. The van der Waals surface area contributed by atoms with Crippen LogP contribution in [0.25, 0.3) is 86.2 Å². The summed E-state index contributed by atoms with van der Waals surface area (Å²) in [6.07, 6.45) is 0. The molecule has 3 aromatic heterocycles. The fourth-order valence-electron chi connectivity index (χ4n) is 7.54.